The topological polar surface area (TPSA) is 55.8 Å². The molecular formula is C34H65NO4. The molecule has 0 heterocycles. The van der Waals surface area contributed by atoms with Gasteiger partial charge in [0, 0.05) is 12.8 Å². The highest BCUT2D eigenvalue weighted by Crippen LogP contribution is 2.18. The van der Waals surface area contributed by atoms with Gasteiger partial charge in [0.1, 0.15) is 6.10 Å². The number of nitrogens with zero attached hydrogens (tertiary/aromatic N) is 1. The van der Waals surface area contributed by atoms with Crippen molar-refractivity contribution in [3.63, 3.8) is 0 Å². The molecule has 0 saturated heterocycles. The van der Waals surface area contributed by atoms with E-state index in [9.17, 15) is 9.59 Å². The molecule has 0 saturated carbocycles. The SMILES string of the molecule is CCCCCCC(CCCCCCCCCC/C=C\CCCCCCCC(=O)OC)OC(=O)CCCN(C)C. The lowest BCUT2D eigenvalue weighted by Gasteiger charge is -2.18. The molecule has 0 aromatic heterocycles. The lowest BCUT2D eigenvalue weighted by Crippen LogP contribution is -2.20. The summed E-state index contributed by atoms with van der Waals surface area (Å²) in [4.78, 5) is 25.5. The van der Waals surface area contributed by atoms with E-state index in [4.69, 9.17) is 4.74 Å². The predicted molar refractivity (Wildman–Crippen MR) is 166 cm³/mol. The summed E-state index contributed by atoms with van der Waals surface area (Å²) in [5.41, 5.74) is 0. The second-order valence-electron chi connectivity index (χ2n) is 11.6. The molecule has 1 unspecified atom stereocenters. The van der Waals surface area contributed by atoms with Gasteiger partial charge in [-0.25, -0.2) is 0 Å². The molecule has 0 amide bonds. The van der Waals surface area contributed by atoms with Crippen LogP contribution in [-0.2, 0) is 19.1 Å². The minimum absolute atomic E-state index is 0.00346. The van der Waals surface area contributed by atoms with Crippen molar-refractivity contribution >= 4 is 11.9 Å². The number of carbonyl (C=O) groups excluding carboxylic acids is 2. The average molecular weight is 552 g/mol. The van der Waals surface area contributed by atoms with Gasteiger partial charge in [0.15, 0.2) is 0 Å². The molecular weight excluding hydrogens is 486 g/mol. The van der Waals surface area contributed by atoms with E-state index in [0.717, 1.165) is 38.6 Å². The molecule has 0 bridgehead atoms. The Morgan fingerprint density at radius 1 is 0.615 bits per heavy atom. The van der Waals surface area contributed by atoms with Gasteiger partial charge < -0.3 is 14.4 Å². The zero-order valence-corrected chi connectivity index (χ0v) is 26.5. The van der Waals surface area contributed by atoms with E-state index >= 15 is 0 Å². The van der Waals surface area contributed by atoms with Crippen molar-refractivity contribution in [1.29, 1.82) is 0 Å². The molecule has 0 aromatic carbocycles. The quantitative estimate of drug-likeness (QED) is 0.0526. The van der Waals surface area contributed by atoms with Gasteiger partial charge in [-0.2, -0.15) is 0 Å². The van der Waals surface area contributed by atoms with Gasteiger partial charge in [-0.1, -0.05) is 96.1 Å². The average Bonchev–Trinajstić information content (AvgIpc) is 2.91. The molecule has 5 heteroatoms. The lowest BCUT2D eigenvalue weighted by molar-refractivity contribution is -0.150. The van der Waals surface area contributed by atoms with Gasteiger partial charge >= 0.3 is 11.9 Å². The number of rotatable bonds is 29. The smallest absolute Gasteiger partial charge is 0.306 e. The first kappa shape index (κ1) is 37.6. The van der Waals surface area contributed by atoms with Gasteiger partial charge in [-0.15, -0.1) is 0 Å². The Morgan fingerprint density at radius 3 is 1.59 bits per heavy atom. The van der Waals surface area contributed by atoms with Gasteiger partial charge in [0.2, 0.25) is 0 Å². The number of hydrogen-bond acceptors (Lipinski definition) is 5. The number of hydrogen-bond donors (Lipinski definition) is 0. The Balaban J connectivity index is 3.67. The fourth-order valence-corrected chi connectivity index (χ4v) is 4.94. The minimum Gasteiger partial charge on any atom is -0.469 e. The fraction of sp³-hybridized carbons (Fsp3) is 0.882. The number of unbranched alkanes of at least 4 members (excludes halogenated alkanes) is 16. The molecule has 0 aliphatic carbocycles. The van der Waals surface area contributed by atoms with E-state index in [1.165, 1.54) is 116 Å². The van der Waals surface area contributed by atoms with E-state index < -0.39 is 0 Å². The summed E-state index contributed by atoms with van der Waals surface area (Å²) in [5.74, 6) is -0.0891. The summed E-state index contributed by atoms with van der Waals surface area (Å²) in [7, 11) is 5.55. The second kappa shape index (κ2) is 29.6. The summed E-state index contributed by atoms with van der Waals surface area (Å²) in [6.07, 6.45) is 32.5. The van der Waals surface area contributed by atoms with Crippen LogP contribution in [0, 0.1) is 0 Å². The minimum atomic E-state index is -0.0856. The summed E-state index contributed by atoms with van der Waals surface area (Å²) in [6.45, 7) is 3.18. The molecule has 0 radical (unpaired) electrons. The third kappa shape index (κ3) is 29.4. The number of ether oxygens (including phenoxy) is 2. The number of esters is 2. The molecule has 0 aromatic rings. The zero-order valence-electron chi connectivity index (χ0n) is 26.5. The van der Waals surface area contributed by atoms with Crippen LogP contribution in [-0.4, -0.2) is 50.7 Å². The predicted octanol–water partition coefficient (Wildman–Crippen LogP) is 9.57. The van der Waals surface area contributed by atoms with Crippen LogP contribution in [0.15, 0.2) is 12.2 Å². The maximum atomic E-state index is 12.3. The van der Waals surface area contributed by atoms with Crippen molar-refractivity contribution in [2.24, 2.45) is 0 Å². The van der Waals surface area contributed by atoms with Crippen LogP contribution < -0.4 is 0 Å². The number of allylic oxidation sites excluding steroid dienone is 2. The Morgan fingerprint density at radius 2 is 1.08 bits per heavy atom. The summed E-state index contributed by atoms with van der Waals surface area (Å²) >= 11 is 0. The van der Waals surface area contributed by atoms with Gasteiger partial charge in [-0.3, -0.25) is 9.59 Å². The third-order valence-electron chi connectivity index (χ3n) is 7.46. The molecule has 0 fully saturated rings. The van der Waals surface area contributed by atoms with Crippen LogP contribution in [0.5, 0.6) is 0 Å². The van der Waals surface area contributed by atoms with Crippen molar-refractivity contribution in [3.05, 3.63) is 12.2 Å². The Kier molecular flexibility index (Phi) is 28.6. The molecule has 1 atom stereocenters. The number of methoxy groups -OCH3 is 1. The first-order valence-electron chi connectivity index (χ1n) is 16.6. The monoisotopic (exact) mass is 551 g/mol. The van der Waals surface area contributed by atoms with E-state index in [2.05, 4.69) is 28.7 Å². The van der Waals surface area contributed by atoms with Gasteiger partial charge in [-0.05, 0) is 84.8 Å². The zero-order chi connectivity index (χ0) is 28.8. The van der Waals surface area contributed by atoms with E-state index in [0.29, 0.717) is 12.8 Å². The molecule has 0 rings (SSSR count). The van der Waals surface area contributed by atoms with E-state index in [-0.39, 0.29) is 18.0 Å². The van der Waals surface area contributed by atoms with Crippen LogP contribution >= 0.6 is 0 Å². The highest BCUT2D eigenvalue weighted by molar-refractivity contribution is 5.69. The van der Waals surface area contributed by atoms with E-state index in [1.807, 2.05) is 14.1 Å². The van der Waals surface area contributed by atoms with Crippen molar-refractivity contribution in [1.82, 2.24) is 4.90 Å². The van der Waals surface area contributed by atoms with Crippen LogP contribution in [0.25, 0.3) is 0 Å². The number of carbonyl (C=O) groups is 2. The molecule has 230 valence electrons. The Hall–Kier alpha value is -1.36. The van der Waals surface area contributed by atoms with Crippen LogP contribution in [0.4, 0.5) is 0 Å². The van der Waals surface area contributed by atoms with Crippen molar-refractivity contribution in [3.8, 4) is 0 Å². The largest absolute Gasteiger partial charge is 0.469 e. The maximum absolute atomic E-state index is 12.3. The molecule has 39 heavy (non-hydrogen) atoms. The Labute approximate surface area is 242 Å². The standard InChI is InChI=1S/C34H65NO4/c1-5-6-7-23-27-32(39-34(37)30-26-31-35(2)3)28-24-21-19-17-15-13-11-9-8-10-12-14-16-18-20-22-25-29-33(36)38-4/h10,12,32H,5-9,11,13-31H2,1-4H3/b12-10-. The summed E-state index contributed by atoms with van der Waals surface area (Å²) in [6, 6.07) is 0. The highest BCUT2D eigenvalue weighted by Gasteiger charge is 2.14. The molecule has 0 aliphatic heterocycles. The molecule has 5 nitrogen and oxygen atoms in total. The van der Waals surface area contributed by atoms with E-state index in [1.54, 1.807) is 0 Å². The van der Waals surface area contributed by atoms with Crippen molar-refractivity contribution in [2.45, 2.75) is 167 Å². The van der Waals surface area contributed by atoms with Crippen molar-refractivity contribution in [2.75, 3.05) is 27.7 Å². The first-order valence-corrected chi connectivity index (χ1v) is 16.6. The van der Waals surface area contributed by atoms with Crippen molar-refractivity contribution < 1.29 is 19.1 Å². The third-order valence-corrected chi connectivity index (χ3v) is 7.46. The molecule has 0 N–H and O–H groups in total. The fourth-order valence-electron chi connectivity index (χ4n) is 4.94. The Bertz CT molecular complexity index is 576. The normalized spacial score (nSPS) is 12.3. The maximum Gasteiger partial charge on any atom is 0.306 e. The van der Waals surface area contributed by atoms with Crippen LogP contribution in [0.1, 0.15) is 161 Å². The molecule has 0 aliphatic rings. The first-order chi connectivity index (χ1) is 19.0. The van der Waals surface area contributed by atoms with Gasteiger partial charge in [0.25, 0.3) is 0 Å². The van der Waals surface area contributed by atoms with Gasteiger partial charge in [0.05, 0.1) is 7.11 Å². The highest BCUT2D eigenvalue weighted by atomic mass is 16.5. The second-order valence-corrected chi connectivity index (χ2v) is 11.6. The lowest BCUT2D eigenvalue weighted by atomic mass is 10.0. The summed E-state index contributed by atoms with van der Waals surface area (Å²) < 4.78 is 10.5. The van der Waals surface area contributed by atoms with Crippen LogP contribution in [0.2, 0.25) is 0 Å². The molecule has 0 spiro atoms. The summed E-state index contributed by atoms with van der Waals surface area (Å²) in [5, 5.41) is 0. The van der Waals surface area contributed by atoms with Crippen LogP contribution in [0.3, 0.4) is 0 Å².